The van der Waals surface area contributed by atoms with E-state index >= 15 is 0 Å². The Kier molecular flexibility index (Phi) is 10.8. The van der Waals surface area contributed by atoms with Crippen LogP contribution < -0.4 is 5.32 Å². The first-order chi connectivity index (χ1) is 14.4. The van der Waals surface area contributed by atoms with Crippen molar-refractivity contribution in [3.63, 3.8) is 0 Å². The molecule has 0 spiro atoms. The van der Waals surface area contributed by atoms with Gasteiger partial charge in [0.05, 0.1) is 18.5 Å². The Morgan fingerprint density at radius 3 is 2.33 bits per heavy atom. The van der Waals surface area contributed by atoms with Gasteiger partial charge >= 0.3 is 0 Å². The molecule has 8 nitrogen and oxygen atoms in total. The summed E-state index contributed by atoms with van der Waals surface area (Å²) in [7, 11) is -3.26. The zero-order valence-corrected chi connectivity index (χ0v) is 20.3. The van der Waals surface area contributed by atoms with Gasteiger partial charge in [-0.25, -0.2) is 8.42 Å². The highest BCUT2D eigenvalue weighted by Gasteiger charge is 2.28. The smallest absolute Gasteiger partial charge is 0.216 e. The Morgan fingerprint density at radius 2 is 1.77 bits per heavy atom. The average Bonchev–Trinajstić information content (AvgIpc) is 2.72. The van der Waals surface area contributed by atoms with Gasteiger partial charge in [-0.15, -0.1) is 0 Å². The van der Waals surface area contributed by atoms with Crippen LogP contribution in [0.3, 0.4) is 0 Å². The first-order valence-corrected chi connectivity index (χ1v) is 13.3. The lowest BCUT2D eigenvalue weighted by atomic mass is 9.97. The van der Waals surface area contributed by atoms with Crippen molar-refractivity contribution in [1.29, 1.82) is 0 Å². The van der Waals surface area contributed by atoms with E-state index in [9.17, 15) is 8.42 Å². The predicted octanol–water partition coefficient (Wildman–Crippen LogP) is 1.45. The van der Waals surface area contributed by atoms with Crippen molar-refractivity contribution in [3.8, 4) is 0 Å². The van der Waals surface area contributed by atoms with Crippen molar-refractivity contribution >= 4 is 16.0 Å². The molecule has 0 atom stereocenters. The van der Waals surface area contributed by atoms with E-state index in [4.69, 9.17) is 9.73 Å². The Morgan fingerprint density at radius 1 is 1.10 bits per heavy atom. The van der Waals surface area contributed by atoms with Crippen LogP contribution in [0.15, 0.2) is 4.99 Å². The molecule has 0 aliphatic carbocycles. The minimum atomic E-state index is -3.26. The first kappa shape index (κ1) is 25.4. The Bertz CT molecular complexity index is 610. The molecular formula is C21H43N5O3S. The summed E-state index contributed by atoms with van der Waals surface area (Å²) in [5.41, 5.74) is 0. The molecule has 2 heterocycles. The van der Waals surface area contributed by atoms with Gasteiger partial charge < -0.3 is 19.9 Å². The summed E-state index contributed by atoms with van der Waals surface area (Å²) >= 11 is 0. The molecule has 2 aliphatic heterocycles. The number of hydrogen-bond donors (Lipinski definition) is 1. The van der Waals surface area contributed by atoms with Crippen LogP contribution in [0.2, 0.25) is 0 Å². The average molecular weight is 446 g/mol. The molecule has 0 aromatic carbocycles. The molecule has 2 fully saturated rings. The molecule has 0 unspecified atom stereocenters. The molecule has 0 aromatic rings. The van der Waals surface area contributed by atoms with Crippen LogP contribution in [0.5, 0.6) is 0 Å². The summed E-state index contributed by atoms with van der Waals surface area (Å²) < 4.78 is 32.1. The van der Waals surface area contributed by atoms with Gasteiger partial charge in [0.2, 0.25) is 10.0 Å². The van der Waals surface area contributed by atoms with Gasteiger partial charge in [-0.3, -0.25) is 4.99 Å². The lowest BCUT2D eigenvalue weighted by Gasteiger charge is -2.36. The molecule has 2 rings (SSSR count). The minimum absolute atomic E-state index is 0.0508. The Hall–Kier alpha value is -0.900. The van der Waals surface area contributed by atoms with E-state index in [0.29, 0.717) is 32.1 Å². The standard InChI is InChI=1S/C21H43N5O3S/c1-5-9-24-10-7-20(8-11-24)18-23-21(22-6-2)25-12-14-26(15-13-25)30(27,28)17-16-29-19(3)4/h19-20H,5-18H2,1-4H3,(H,22,23). The number of likely N-dealkylation sites (tertiary alicyclic amines) is 1. The third kappa shape index (κ3) is 8.32. The van der Waals surface area contributed by atoms with Crippen molar-refractivity contribution in [2.24, 2.45) is 10.9 Å². The lowest BCUT2D eigenvalue weighted by molar-refractivity contribution is 0.0904. The fraction of sp³-hybridized carbons (Fsp3) is 0.952. The number of nitrogens with zero attached hydrogens (tertiary/aromatic N) is 4. The number of nitrogens with one attached hydrogen (secondary N) is 1. The summed E-state index contributed by atoms with van der Waals surface area (Å²) in [6.45, 7) is 16.0. The number of rotatable bonds is 10. The summed E-state index contributed by atoms with van der Waals surface area (Å²) in [5.74, 6) is 1.62. The predicted molar refractivity (Wildman–Crippen MR) is 123 cm³/mol. The van der Waals surface area contributed by atoms with Gasteiger partial charge in [-0.05, 0) is 65.6 Å². The normalized spacial score (nSPS) is 20.8. The molecule has 2 saturated heterocycles. The molecule has 176 valence electrons. The van der Waals surface area contributed by atoms with Gasteiger partial charge in [-0.1, -0.05) is 6.92 Å². The number of piperidine rings is 1. The minimum Gasteiger partial charge on any atom is -0.378 e. The van der Waals surface area contributed by atoms with E-state index in [1.807, 2.05) is 13.8 Å². The zero-order valence-electron chi connectivity index (χ0n) is 19.5. The molecule has 0 saturated carbocycles. The number of aliphatic imine (C=N–C) groups is 1. The van der Waals surface area contributed by atoms with Crippen molar-refractivity contribution in [2.45, 2.75) is 53.1 Å². The summed E-state index contributed by atoms with van der Waals surface area (Å²) in [6.07, 6.45) is 3.70. The van der Waals surface area contributed by atoms with Crippen LogP contribution in [0.4, 0.5) is 0 Å². The number of sulfonamides is 1. The highest BCUT2D eigenvalue weighted by Crippen LogP contribution is 2.18. The van der Waals surface area contributed by atoms with Crippen molar-refractivity contribution in [2.75, 3.05) is 71.3 Å². The highest BCUT2D eigenvalue weighted by atomic mass is 32.2. The number of hydrogen-bond acceptors (Lipinski definition) is 5. The Labute approximate surface area is 184 Å². The molecule has 9 heteroatoms. The maximum absolute atomic E-state index is 12.6. The van der Waals surface area contributed by atoms with Crippen LogP contribution in [-0.2, 0) is 14.8 Å². The van der Waals surface area contributed by atoms with E-state index in [0.717, 1.165) is 19.0 Å². The molecule has 0 bridgehead atoms. The number of ether oxygens (including phenoxy) is 1. The van der Waals surface area contributed by atoms with E-state index < -0.39 is 10.0 Å². The molecule has 0 amide bonds. The van der Waals surface area contributed by atoms with Crippen LogP contribution >= 0.6 is 0 Å². The van der Waals surface area contributed by atoms with Gasteiger partial charge in [-0.2, -0.15) is 4.31 Å². The maximum atomic E-state index is 12.6. The molecule has 0 aromatic heterocycles. The molecule has 1 N–H and O–H groups in total. The monoisotopic (exact) mass is 445 g/mol. The molecule has 30 heavy (non-hydrogen) atoms. The van der Waals surface area contributed by atoms with Crippen molar-refractivity contribution in [1.82, 2.24) is 19.4 Å². The SMILES string of the molecule is CCCN1CCC(CN=C(NCC)N2CCN(S(=O)(=O)CCOC(C)C)CC2)CC1. The summed E-state index contributed by atoms with van der Waals surface area (Å²) in [6, 6.07) is 0. The lowest BCUT2D eigenvalue weighted by Crippen LogP contribution is -2.54. The van der Waals surface area contributed by atoms with Crippen molar-refractivity contribution in [3.05, 3.63) is 0 Å². The van der Waals surface area contributed by atoms with Crippen LogP contribution in [-0.4, -0.2) is 106 Å². The fourth-order valence-corrected chi connectivity index (χ4v) is 5.33. The van der Waals surface area contributed by atoms with E-state index in [-0.39, 0.29) is 18.5 Å². The van der Waals surface area contributed by atoms with Gasteiger partial charge in [0.1, 0.15) is 0 Å². The second-order valence-electron chi connectivity index (χ2n) is 8.60. The second-order valence-corrected chi connectivity index (χ2v) is 10.7. The number of guanidine groups is 1. The van der Waals surface area contributed by atoms with Crippen LogP contribution in [0, 0.1) is 5.92 Å². The molecule has 0 radical (unpaired) electrons. The summed E-state index contributed by atoms with van der Waals surface area (Å²) in [4.78, 5) is 9.67. The fourth-order valence-electron chi connectivity index (χ4n) is 4.05. The maximum Gasteiger partial charge on any atom is 0.216 e. The van der Waals surface area contributed by atoms with E-state index in [1.54, 1.807) is 4.31 Å². The van der Waals surface area contributed by atoms with E-state index in [1.165, 1.54) is 38.9 Å². The third-order valence-corrected chi connectivity index (χ3v) is 7.64. The topological polar surface area (TPSA) is 77.5 Å². The third-order valence-electron chi connectivity index (χ3n) is 5.81. The van der Waals surface area contributed by atoms with Gasteiger partial charge in [0.15, 0.2) is 5.96 Å². The quantitative estimate of drug-likeness (QED) is 0.405. The van der Waals surface area contributed by atoms with Crippen molar-refractivity contribution < 1.29 is 13.2 Å². The molecular weight excluding hydrogens is 402 g/mol. The van der Waals surface area contributed by atoms with Crippen LogP contribution in [0.25, 0.3) is 0 Å². The van der Waals surface area contributed by atoms with E-state index in [2.05, 4.69) is 29.0 Å². The Balaban J connectivity index is 1.82. The van der Waals surface area contributed by atoms with Crippen LogP contribution in [0.1, 0.15) is 47.0 Å². The summed E-state index contributed by atoms with van der Waals surface area (Å²) in [5, 5.41) is 3.40. The largest absolute Gasteiger partial charge is 0.378 e. The highest BCUT2D eigenvalue weighted by molar-refractivity contribution is 7.89. The molecule has 2 aliphatic rings. The second kappa shape index (κ2) is 12.8. The van der Waals surface area contributed by atoms with Gasteiger partial charge in [0.25, 0.3) is 0 Å². The van der Waals surface area contributed by atoms with Gasteiger partial charge in [0, 0.05) is 39.3 Å². The zero-order chi connectivity index (χ0) is 22.0. The first-order valence-electron chi connectivity index (χ1n) is 11.7. The number of piperazine rings is 1.